The predicted molar refractivity (Wildman–Crippen MR) is 136 cm³/mol. The van der Waals surface area contributed by atoms with E-state index in [4.69, 9.17) is 19.6 Å². The van der Waals surface area contributed by atoms with Crippen LogP contribution in [0.2, 0.25) is 0 Å². The van der Waals surface area contributed by atoms with Gasteiger partial charge in [0.2, 0.25) is 5.95 Å². The Labute approximate surface area is 218 Å². The number of hydrogen-bond donors (Lipinski definition) is 2. The Morgan fingerprint density at radius 2 is 1.79 bits per heavy atom. The summed E-state index contributed by atoms with van der Waals surface area (Å²) in [6.45, 7) is 8.16. The van der Waals surface area contributed by atoms with Crippen molar-refractivity contribution in [2.24, 2.45) is 0 Å². The summed E-state index contributed by atoms with van der Waals surface area (Å²) >= 11 is 0. The number of ether oxygens (including phenoxy) is 3. The lowest BCUT2D eigenvalue weighted by Gasteiger charge is -2.46. The first-order chi connectivity index (χ1) is 17.6. The van der Waals surface area contributed by atoms with Crippen molar-refractivity contribution < 1.29 is 37.3 Å². The number of anilines is 2. The molecule has 0 radical (unpaired) electrons. The van der Waals surface area contributed by atoms with E-state index in [1.807, 2.05) is 39.8 Å². The second-order valence-corrected chi connectivity index (χ2v) is 10.7. The average Bonchev–Trinajstić information content (AvgIpc) is 3.11. The van der Waals surface area contributed by atoms with Crippen LogP contribution in [0.3, 0.4) is 0 Å². The molecule has 0 bridgehead atoms. The van der Waals surface area contributed by atoms with Gasteiger partial charge in [-0.2, -0.15) is 0 Å². The lowest BCUT2D eigenvalue weighted by atomic mass is 9.85. The molecule has 2 aromatic carbocycles. The van der Waals surface area contributed by atoms with Crippen LogP contribution < -0.4 is 14.8 Å². The third-order valence-electron chi connectivity index (χ3n) is 6.42. The Hall–Kier alpha value is -3.47. The third kappa shape index (κ3) is 6.50. The highest BCUT2D eigenvalue weighted by molar-refractivity contribution is 5.83. The molecule has 1 aliphatic rings. The molecule has 2 N–H and O–H groups in total. The Bertz CT molecular complexity index is 1300. The molecule has 0 atom stereocenters. The molecule has 0 spiro atoms. The summed E-state index contributed by atoms with van der Waals surface area (Å²) in [6.07, 6.45) is -3.16. The molecule has 1 saturated heterocycles. The number of imidazole rings is 1. The van der Waals surface area contributed by atoms with Crippen LogP contribution in [0.1, 0.15) is 58.6 Å². The van der Waals surface area contributed by atoms with Gasteiger partial charge in [0, 0.05) is 24.2 Å². The minimum Gasteiger partial charge on any atom is -0.496 e. The van der Waals surface area contributed by atoms with Gasteiger partial charge in [-0.3, -0.25) is 4.79 Å². The molecule has 2 heterocycles. The zero-order chi connectivity index (χ0) is 27.9. The van der Waals surface area contributed by atoms with Gasteiger partial charge in [-0.25, -0.2) is 4.98 Å². The van der Waals surface area contributed by atoms with Gasteiger partial charge >= 0.3 is 12.3 Å². The van der Waals surface area contributed by atoms with E-state index in [1.165, 1.54) is 31.4 Å². The molecule has 0 unspecified atom stereocenters. The molecule has 1 aromatic heterocycles. The zero-order valence-corrected chi connectivity index (χ0v) is 22.0. The van der Waals surface area contributed by atoms with E-state index in [1.54, 1.807) is 0 Å². The first-order valence-electron chi connectivity index (χ1n) is 12.3. The fraction of sp³-hybridized carbons (Fsp3) is 0.481. The normalized spacial score (nSPS) is 17.4. The van der Waals surface area contributed by atoms with E-state index in [-0.39, 0.29) is 24.6 Å². The SMILES string of the molecule is COc1cc2c(cc1CCC(=O)O)nc(Nc1ccc(OC(F)(F)F)cc1)n2C1CC(C)(C)OC(C)(C)C1. The zero-order valence-electron chi connectivity index (χ0n) is 22.0. The van der Waals surface area contributed by atoms with Crippen molar-refractivity contribution in [3.05, 3.63) is 42.0 Å². The number of alkyl halides is 3. The molecule has 206 valence electrons. The maximum absolute atomic E-state index is 12.6. The fourth-order valence-corrected chi connectivity index (χ4v) is 5.34. The number of methoxy groups -OCH3 is 1. The number of halogens is 3. The predicted octanol–water partition coefficient (Wildman–Crippen LogP) is 6.61. The minimum atomic E-state index is -4.77. The Morgan fingerprint density at radius 1 is 1.16 bits per heavy atom. The van der Waals surface area contributed by atoms with Gasteiger partial charge in [0.1, 0.15) is 11.5 Å². The molecule has 38 heavy (non-hydrogen) atoms. The topological polar surface area (TPSA) is 94.8 Å². The highest BCUT2D eigenvalue weighted by Gasteiger charge is 2.41. The number of aromatic nitrogens is 2. The monoisotopic (exact) mass is 535 g/mol. The summed E-state index contributed by atoms with van der Waals surface area (Å²) in [7, 11) is 1.54. The number of nitrogens with one attached hydrogen (secondary N) is 1. The number of aliphatic carboxylic acids is 1. The molecule has 0 amide bonds. The van der Waals surface area contributed by atoms with E-state index >= 15 is 0 Å². The fourth-order valence-electron chi connectivity index (χ4n) is 5.34. The molecule has 8 nitrogen and oxygen atoms in total. The van der Waals surface area contributed by atoms with E-state index in [0.717, 1.165) is 11.1 Å². The second-order valence-electron chi connectivity index (χ2n) is 10.7. The van der Waals surface area contributed by atoms with E-state index in [0.29, 0.717) is 35.7 Å². The first-order valence-corrected chi connectivity index (χ1v) is 12.3. The Morgan fingerprint density at radius 3 is 2.34 bits per heavy atom. The summed E-state index contributed by atoms with van der Waals surface area (Å²) in [6, 6.07) is 9.11. The number of carbonyl (C=O) groups is 1. The maximum atomic E-state index is 12.6. The average molecular weight is 536 g/mol. The van der Waals surface area contributed by atoms with Crippen LogP contribution in [-0.2, 0) is 16.0 Å². The van der Waals surface area contributed by atoms with Crippen molar-refractivity contribution in [2.45, 2.75) is 77.0 Å². The Balaban J connectivity index is 1.79. The summed E-state index contributed by atoms with van der Waals surface area (Å²) in [4.78, 5) is 16.0. The van der Waals surface area contributed by atoms with Crippen LogP contribution in [0.25, 0.3) is 11.0 Å². The largest absolute Gasteiger partial charge is 0.573 e. The lowest BCUT2D eigenvalue weighted by Crippen LogP contribution is -2.45. The van der Waals surface area contributed by atoms with Crippen LogP contribution in [0, 0.1) is 0 Å². The van der Waals surface area contributed by atoms with Gasteiger partial charge in [-0.1, -0.05) is 0 Å². The van der Waals surface area contributed by atoms with Gasteiger partial charge in [-0.05, 0) is 82.9 Å². The highest BCUT2D eigenvalue weighted by Crippen LogP contribution is 2.44. The van der Waals surface area contributed by atoms with Crippen LogP contribution in [0.5, 0.6) is 11.5 Å². The lowest BCUT2D eigenvalue weighted by molar-refractivity contribution is -0.274. The second kappa shape index (κ2) is 10.0. The van der Waals surface area contributed by atoms with Gasteiger partial charge < -0.3 is 29.2 Å². The van der Waals surface area contributed by atoms with E-state index in [9.17, 15) is 18.0 Å². The van der Waals surface area contributed by atoms with Gasteiger partial charge in [-0.15, -0.1) is 13.2 Å². The number of hydrogen-bond acceptors (Lipinski definition) is 6. The molecule has 1 aliphatic heterocycles. The molecule has 11 heteroatoms. The summed E-state index contributed by atoms with van der Waals surface area (Å²) in [5.74, 6) is -0.173. The first kappa shape index (κ1) is 27.6. The van der Waals surface area contributed by atoms with Gasteiger partial charge in [0.25, 0.3) is 0 Å². The van der Waals surface area contributed by atoms with Gasteiger partial charge in [0.05, 0.1) is 29.3 Å². The van der Waals surface area contributed by atoms with Crippen LogP contribution in [-0.4, -0.2) is 45.3 Å². The number of carboxylic acids is 1. The number of benzene rings is 2. The van der Waals surface area contributed by atoms with E-state index < -0.39 is 23.5 Å². The molecular weight excluding hydrogens is 503 g/mol. The third-order valence-corrected chi connectivity index (χ3v) is 6.42. The molecule has 4 rings (SSSR count). The quantitative estimate of drug-likeness (QED) is 0.335. The van der Waals surface area contributed by atoms with Crippen LogP contribution in [0.15, 0.2) is 36.4 Å². The minimum absolute atomic E-state index is 0.0244. The van der Waals surface area contributed by atoms with Crippen LogP contribution >= 0.6 is 0 Å². The molecule has 3 aromatic rings. The number of fused-ring (bicyclic) bond motifs is 1. The number of carboxylic acid groups (broad SMARTS) is 1. The van der Waals surface area contributed by atoms with Crippen LogP contribution in [0.4, 0.5) is 24.8 Å². The van der Waals surface area contributed by atoms with Crippen molar-refractivity contribution in [1.29, 1.82) is 0 Å². The molecular formula is C27H32F3N3O5. The molecule has 0 aliphatic carbocycles. The highest BCUT2D eigenvalue weighted by atomic mass is 19.4. The summed E-state index contributed by atoms with van der Waals surface area (Å²) in [5, 5.41) is 12.4. The van der Waals surface area contributed by atoms with Crippen molar-refractivity contribution in [3.63, 3.8) is 0 Å². The Kier molecular flexibility index (Phi) is 7.26. The number of nitrogens with zero attached hydrogens (tertiary/aromatic N) is 2. The summed E-state index contributed by atoms with van der Waals surface area (Å²) < 4.78 is 55.7. The maximum Gasteiger partial charge on any atom is 0.573 e. The van der Waals surface area contributed by atoms with Crippen molar-refractivity contribution in [1.82, 2.24) is 9.55 Å². The van der Waals surface area contributed by atoms with Gasteiger partial charge in [0.15, 0.2) is 0 Å². The number of aryl methyl sites for hydroxylation is 1. The molecule has 0 saturated carbocycles. The van der Waals surface area contributed by atoms with Crippen molar-refractivity contribution in [2.75, 3.05) is 12.4 Å². The summed E-state index contributed by atoms with van der Waals surface area (Å²) in [5.41, 5.74) is 1.86. The van der Waals surface area contributed by atoms with Crippen molar-refractivity contribution >= 4 is 28.6 Å². The molecule has 1 fully saturated rings. The smallest absolute Gasteiger partial charge is 0.496 e. The standard InChI is InChI=1S/C27H32F3N3O5/c1-25(2)14-18(15-26(3,4)38-25)33-21-13-22(36-5)16(6-11-23(34)35)12-20(21)32-24(33)31-17-7-9-19(10-8-17)37-27(28,29)30/h7-10,12-13,18H,6,11,14-15H2,1-5H3,(H,31,32)(H,34,35). The van der Waals surface area contributed by atoms with Crippen molar-refractivity contribution in [3.8, 4) is 11.5 Å². The number of rotatable bonds is 8. The van der Waals surface area contributed by atoms with E-state index in [2.05, 4.69) is 14.6 Å².